The molecule has 1 spiro atoms. The Kier molecular flexibility index (Phi) is 3.83. The number of piperidine rings is 1. The van der Waals surface area contributed by atoms with E-state index in [0.717, 1.165) is 35.7 Å². The number of aromatic nitrogens is 1. The van der Waals surface area contributed by atoms with E-state index in [4.69, 9.17) is 6.42 Å². The number of nitrogens with zero attached hydrogens (tertiary/aromatic N) is 3. The fourth-order valence-electron chi connectivity index (χ4n) is 4.47. The van der Waals surface area contributed by atoms with Crippen LogP contribution in [0.2, 0.25) is 0 Å². The zero-order valence-electron chi connectivity index (χ0n) is 15.1. The van der Waals surface area contributed by atoms with Gasteiger partial charge in [-0.2, -0.15) is 0 Å². The lowest BCUT2D eigenvalue weighted by molar-refractivity contribution is -0.114. The SMILES string of the molecule is C#CC1=C(N2CCC3(CCC3)CC2)c2cc(N(C)C)ncc2CC1=O. The number of likely N-dealkylation sites (tertiary alicyclic amines) is 1. The average molecular weight is 335 g/mol. The van der Waals surface area contributed by atoms with E-state index in [1.807, 2.05) is 25.2 Å². The van der Waals surface area contributed by atoms with Crippen LogP contribution in [0, 0.1) is 17.8 Å². The summed E-state index contributed by atoms with van der Waals surface area (Å²) in [4.78, 5) is 21.4. The van der Waals surface area contributed by atoms with Gasteiger partial charge in [0.05, 0.1) is 11.3 Å². The molecule has 4 heteroatoms. The van der Waals surface area contributed by atoms with Gasteiger partial charge in [0.1, 0.15) is 5.82 Å². The van der Waals surface area contributed by atoms with Crippen LogP contribution in [0.5, 0.6) is 0 Å². The molecule has 1 aliphatic heterocycles. The van der Waals surface area contributed by atoms with Crippen molar-refractivity contribution < 1.29 is 4.79 Å². The molecule has 0 unspecified atom stereocenters. The van der Waals surface area contributed by atoms with Gasteiger partial charge in [0.2, 0.25) is 0 Å². The summed E-state index contributed by atoms with van der Waals surface area (Å²) in [7, 11) is 3.96. The summed E-state index contributed by atoms with van der Waals surface area (Å²) in [6.45, 7) is 1.99. The first kappa shape index (κ1) is 16.2. The van der Waals surface area contributed by atoms with Crippen LogP contribution in [0.4, 0.5) is 5.82 Å². The first-order valence-electron chi connectivity index (χ1n) is 9.19. The van der Waals surface area contributed by atoms with Gasteiger partial charge in [0, 0.05) is 45.4 Å². The normalized spacial score (nSPS) is 21.6. The maximum atomic E-state index is 12.6. The van der Waals surface area contributed by atoms with Gasteiger partial charge in [-0.1, -0.05) is 12.3 Å². The number of allylic oxidation sites excluding steroid dienone is 1. The van der Waals surface area contributed by atoms with Crippen molar-refractivity contribution in [1.82, 2.24) is 9.88 Å². The van der Waals surface area contributed by atoms with E-state index in [9.17, 15) is 4.79 Å². The largest absolute Gasteiger partial charge is 0.370 e. The minimum absolute atomic E-state index is 0.0494. The van der Waals surface area contributed by atoms with Crippen LogP contribution in [-0.4, -0.2) is 42.9 Å². The second kappa shape index (κ2) is 5.91. The van der Waals surface area contributed by atoms with E-state index in [1.54, 1.807) is 0 Å². The van der Waals surface area contributed by atoms with E-state index >= 15 is 0 Å². The van der Waals surface area contributed by atoms with Crippen molar-refractivity contribution in [2.24, 2.45) is 5.41 Å². The van der Waals surface area contributed by atoms with E-state index in [1.165, 1.54) is 32.1 Å². The molecular weight excluding hydrogens is 310 g/mol. The van der Waals surface area contributed by atoms with Gasteiger partial charge in [-0.3, -0.25) is 4.79 Å². The molecule has 0 atom stereocenters. The van der Waals surface area contributed by atoms with E-state index in [-0.39, 0.29) is 5.78 Å². The molecule has 1 saturated heterocycles. The van der Waals surface area contributed by atoms with Crippen molar-refractivity contribution in [3.05, 3.63) is 29.0 Å². The number of Topliss-reactive ketones (excluding diaryl/α,β-unsaturated/α-hetero) is 1. The third-order valence-electron chi connectivity index (χ3n) is 6.25. The summed E-state index contributed by atoms with van der Waals surface area (Å²) in [5, 5.41) is 0. The predicted octanol–water partition coefficient (Wildman–Crippen LogP) is 2.88. The molecule has 130 valence electrons. The van der Waals surface area contributed by atoms with Crippen molar-refractivity contribution in [2.75, 3.05) is 32.1 Å². The molecule has 25 heavy (non-hydrogen) atoms. The van der Waals surface area contributed by atoms with Crippen LogP contribution in [0.1, 0.15) is 43.2 Å². The number of terminal acetylenes is 1. The molecule has 0 aromatic carbocycles. The lowest BCUT2D eigenvalue weighted by Crippen LogP contribution is -2.43. The van der Waals surface area contributed by atoms with Crippen LogP contribution in [0.25, 0.3) is 5.70 Å². The molecule has 1 aromatic heterocycles. The molecule has 1 saturated carbocycles. The number of pyridine rings is 1. The quantitative estimate of drug-likeness (QED) is 0.779. The highest BCUT2D eigenvalue weighted by atomic mass is 16.1. The van der Waals surface area contributed by atoms with Gasteiger partial charge >= 0.3 is 0 Å². The Labute approximate surface area is 149 Å². The third kappa shape index (κ3) is 2.63. The number of carbonyl (C=O) groups excluding carboxylic acids is 1. The maximum Gasteiger partial charge on any atom is 0.177 e. The Morgan fingerprint density at radius 2 is 1.96 bits per heavy atom. The first-order valence-corrected chi connectivity index (χ1v) is 9.19. The molecular formula is C21H25N3O. The van der Waals surface area contributed by atoms with Crippen LogP contribution in [0.3, 0.4) is 0 Å². The van der Waals surface area contributed by atoms with Gasteiger partial charge < -0.3 is 9.80 Å². The van der Waals surface area contributed by atoms with Crippen LogP contribution >= 0.6 is 0 Å². The van der Waals surface area contributed by atoms with Crippen LogP contribution in [0.15, 0.2) is 17.8 Å². The molecule has 0 bridgehead atoms. The first-order chi connectivity index (χ1) is 12.0. The van der Waals surface area contributed by atoms with Gasteiger partial charge in [0.25, 0.3) is 0 Å². The Morgan fingerprint density at radius 3 is 2.52 bits per heavy atom. The van der Waals surface area contributed by atoms with Crippen LogP contribution in [-0.2, 0) is 11.2 Å². The number of hydrogen-bond donors (Lipinski definition) is 0. The van der Waals surface area contributed by atoms with E-state index in [0.29, 0.717) is 17.4 Å². The van der Waals surface area contributed by atoms with Crippen molar-refractivity contribution in [1.29, 1.82) is 0 Å². The number of fused-ring (bicyclic) bond motifs is 1. The van der Waals surface area contributed by atoms with Crippen LogP contribution < -0.4 is 4.90 Å². The van der Waals surface area contributed by atoms with Crippen molar-refractivity contribution >= 4 is 17.3 Å². The van der Waals surface area contributed by atoms with Crippen molar-refractivity contribution in [3.8, 4) is 12.3 Å². The molecule has 0 amide bonds. The molecule has 1 aromatic rings. The number of rotatable bonds is 2. The fourth-order valence-corrected chi connectivity index (χ4v) is 4.47. The standard InChI is InChI=1S/C21H25N3O/c1-4-16-18(25)12-15-14-22-19(23(2)3)13-17(15)20(16)24-10-8-21(9-11-24)6-5-7-21/h1,13-14H,5-12H2,2-3H3. The third-order valence-corrected chi connectivity index (χ3v) is 6.25. The molecule has 2 aliphatic carbocycles. The van der Waals surface area contributed by atoms with Gasteiger partial charge in [-0.05, 0) is 42.7 Å². The van der Waals surface area contributed by atoms with Crippen molar-refractivity contribution in [3.63, 3.8) is 0 Å². The number of ketones is 1. The molecule has 3 aliphatic rings. The summed E-state index contributed by atoms with van der Waals surface area (Å²) >= 11 is 0. The average Bonchev–Trinajstić information content (AvgIpc) is 2.59. The molecule has 0 radical (unpaired) electrons. The Hall–Kier alpha value is -2.28. The van der Waals surface area contributed by atoms with Gasteiger partial charge in [-0.25, -0.2) is 4.98 Å². The number of carbonyl (C=O) groups is 1. The lowest BCUT2D eigenvalue weighted by Gasteiger charge is -2.49. The molecule has 4 rings (SSSR count). The number of anilines is 1. The van der Waals surface area contributed by atoms with Gasteiger partial charge in [-0.15, -0.1) is 6.42 Å². The molecule has 2 heterocycles. The minimum Gasteiger partial charge on any atom is -0.370 e. The molecule has 2 fully saturated rings. The maximum absolute atomic E-state index is 12.6. The van der Waals surface area contributed by atoms with Crippen molar-refractivity contribution in [2.45, 2.75) is 38.5 Å². The highest BCUT2D eigenvalue weighted by molar-refractivity contribution is 6.10. The molecule has 4 nitrogen and oxygen atoms in total. The second-order valence-corrected chi connectivity index (χ2v) is 7.90. The topological polar surface area (TPSA) is 36.4 Å². The fraction of sp³-hybridized carbons (Fsp3) is 0.524. The highest BCUT2D eigenvalue weighted by Gasteiger charge is 2.41. The van der Waals surface area contributed by atoms with Gasteiger partial charge in [0.15, 0.2) is 5.78 Å². The zero-order valence-corrected chi connectivity index (χ0v) is 15.1. The summed E-state index contributed by atoms with van der Waals surface area (Å²) in [5.41, 5.74) is 4.17. The Bertz CT molecular complexity index is 786. The monoisotopic (exact) mass is 335 g/mol. The van der Waals surface area contributed by atoms with E-state index < -0.39 is 0 Å². The summed E-state index contributed by atoms with van der Waals surface area (Å²) in [6.07, 6.45) is 14.5. The summed E-state index contributed by atoms with van der Waals surface area (Å²) < 4.78 is 0. The summed E-state index contributed by atoms with van der Waals surface area (Å²) in [6, 6.07) is 2.09. The zero-order chi connectivity index (χ0) is 17.6. The Balaban J connectivity index is 1.74. The minimum atomic E-state index is 0.0494. The summed E-state index contributed by atoms with van der Waals surface area (Å²) in [5.74, 6) is 3.64. The molecule has 0 N–H and O–H groups in total. The second-order valence-electron chi connectivity index (χ2n) is 7.90. The smallest absolute Gasteiger partial charge is 0.177 e. The van der Waals surface area contributed by atoms with E-state index in [2.05, 4.69) is 21.9 Å². The highest BCUT2D eigenvalue weighted by Crippen LogP contribution is 2.50. The predicted molar refractivity (Wildman–Crippen MR) is 100 cm³/mol. The Morgan fingerprint density at radius 1 is 1.24 bits per heavy atom. The number of hydrogen-bond acceptors (Lipinski definition) is 4. The lowest BCUT2D eigenvalue weighted by atomic mass is 9.63.